The van der Waals surface area contributed by atoms with Gasteiger partial charge in [0.1, 0.15) is 5.78 Å². The van der Waals surface area contributed by atoms with E-state index in [2.05, 4.69) is 19.2 Å². The zero-order valence-corrected chi connectivity index (χ0v) is 20.8. The Morgan fingerprint density at radius 2 is 1.30 bits per heavy atom. The Bertz CT molecular complexity index is 1200. The molecule has 0 aromatic heterocycles. The number of Topliss-reactive ketones (excluding diaryl/α,β-unsaturated/α-hetero) is 1. The minimum absolute atomic E-state index is 0.0744. The minimum Gasteiger partial charge on any atom is -0.378 e. The van der Waals surface area contributed by atoms with Crippen molar-refractivity contribution in [2.45, 2.75) is 58.4 Å². The molecule has 0 aliphatic carbocycles. The highest BCUT2D eigenvalue weighted by atomic mass is 19.4. The van der Waals surface area contributed by atoms with Gasteiger partial charge in [-0.25, -0.2) is 0 Å². The maximum atomic E-state index is 13.1. The third-order valence-corrected chi connectivity index (χ3v) is 6.01. The van der Waals surface area contributed by atoms with Crippen LogP contribution < -0.4 is 5.32 Å². The zero-order valence-electron chi connectivity index (χ0n) is 20.8. The van der Waals surface area contributed by atoms with E-state index in [0.717, 1.165) is 30.7 Å². The Morgan fingerprint density at radius 1 is 0.757 bits per heavy atom. The van der Waals surface area contributed by atoms with Gasteiger partial charge in [-0.15, -0.1) is 0 Å². The van der Waals surface area contributed by atoms with Crippen LogP contribution in [-0.4, -0.2) is 5.78 Å². The highest BCUT2D eigenvalue weighted by molar-refractivity contribution is 5.80. The molecule has 0 aliphatic heterocycles. The molecule has 3 rings (SSSR count). The lowest BCUT2D eigenvalue weighted by molar-refractivity contribution is -0.138. The molecule has 198 valence electrons. The van der Waals surface area contributed by atoms with Crippen molar-refractivity contribution in [3.63, 3.8) is 0 Å². The van der Waals surface area contributed by atoms with Gasteiger partial charge in [-0.1, -0.05) is 44.2 Å². The van der Waals surface area contributed by atoms with Crippen LogP contribution in [0.15, 0.2) is 66.7 Å². The van der Waals surface area contributed by atoms with Crippen LogP contribution in [0, 0.1) is 5.92 Å². The van der Waals surface area contributed by atoms with Crippen molar-refractivity contribution in [2.75, 3.05) is 5.32 Å². The predicted octanol–water partition coefficient (Wildman–Crippen LogP) is 9.11. The third kappa shape index (κ3) is 8.10. The fourth-order valence-corrected chi connectivity index (χ4v) is 4.11. The molecule has 0 saturated carbocycles. The molecule has 0 aliphatic rings. The number of ketones is 1. The fraction of sp³-hybridized carbons (Fsp3) is 0.345. The van der Waals surface area contributed by atoms with Crippen molar-refractivity contribution in [3.8, 4) is 11.1 Å². The largest absolute Gasteiger partial charge is 0.416 e. The molecule has 8 heteroatoms. The molecular weight excluding hydrogens is 492 g/mol. The van der Waals surface area contributed by atoms with E-state index in [9.17, 15) is 31.1 Å². The normalized spacial score (nSPS) is 13.0. The summed E-state index contributed by atoms with van der Waals surface area (Å²) in [5.41, 5.74) is 1.68. The lowest BCUT2D eigenvalue weighted by Crippen LogP contribution is -2.13. The average molecular weight is 522 g/mol. The summed E-state index contributed by atoms with van der Waals surface area (Å²) in [6, 6.07) is 14.8. The number of hydrogen-bond donors (Lipinski definition) is 1. The van der Waals surface area contributed by atoms with Gasteiger partial charge in [0.05, 0.1) is 17.2 Å². The van der Waals surface area contributed by atoms with Crippen molar-refractivity contribution >= 4 is 11.5 Å². The Kier molecular flexibility index (Phi) is 8.72. The van der Waals surface area contributed by atoms with Crippen molar-refractivity contribution in [1.29, 1.82) is 0 Å². The summed E-state index contributed by atoms with van der Waals surface area (Å²) in [6.45, 7) is 5.56. The summed E-state index contributed by atoms with van der Waals surface area (Å²) >= 11 is 0. The topological polar surface area (TPSA) is 29.1 Å². The molecule has 37 heavy (non-hydrogen) atoms. The standard InChI is InChI=1S/C29H29F6NO/c1-18(2)4-13-27(22-7-11-25(12-8-22)29(33,34)35)36-26-16-20(14-19(3)37)15-23(17-26)21-5-9-24(10-6-21)28(30,31)32/h5-12,15-18,27,36H,4,13-14H2,1-3H3. The monoisotopic (exact) mass is 521 g/mol. The molecule has 0 bridgehead atoms. The van der Waals surface area contributed by atoms with Crippen molar-refractivity contribution in [3.05, 3.63) is 89.0 Å². The molecule has 0 saturated heterocycles. The van der Waals surface area contributed by atoms with Gasteiger partial charge < -0.3 is 5.32 Å². The summed E-state index contributed by atoms with van der Waals surface area (Å²) in [7, 11) is 0. The van der Waals surface area contributed by atoms with Crippen LogP contribution in [0.3, 0.4) is 0 Å². The predicted molar refractivity (Wildman–Crippen MR) is 133 cm³/mol. The third-order valence-electron chi connectivity index (χ3n) is 6.01. The van der Waals surface area contributed by atoms with Crippen LogP contribution in [0.4, 0.5) is 32.0 Å². The lowest BCUT2D eigenvalue weighted by Gasteiger charge is -2.23. The van der Waals surface area contributed by atoms with Crippen LogP contribution in [0.2, 0.25) is 0 Å². The summed E-state index contributed by atoms with van der Waals surface area (Å²) in [5.74, 6) is 0.292. The van der Waals surface area contributed by atoms with E-state index < -0.39 is 23.5 Å². The first-order valence-corrected chi connectivity index (χ1v) is 12.0. The number of halogens is 6. The Morgan fingerprint density at radius 3 is 1.78 bits per heavy atom. The first-order valence-electron chi connectivity index (χ1n) is 12.0. The number of carbonyl (C=O) groups is 1. The summed E-state index contributed by atoms with van der Waals surface area (Å²) < 4.78 is 78.2. The van der Waals surface area contributed by atoms with Crippen LogP contribution in [0.1, 0.15) is 61.9 Å². The molecule has 2 nitrogen and oxygen atoms in total. The van der Waals surface area contributed by atoms with Crippen LogP contribution >= 0.6 is 0 Å². The Balaban J connectivity index is 1.98. The molecule has 3 aromatic rings. The summed E-state index contributed by atoms with van der Waals surface area (Å²) in [5, 5.41) is 3.40. The average Bonchev–Trinajstić information content (AvgIpc) is 2.80. The molecular formula is C29H29F6NO. The molecule has 1 N–H and O–H groups in total. The number of alkyl halides is 6. The van der Waals surface area contributed by atoms with E-state index >= 15 is 0 Å². The van der Waals surface area contributed by atoms with Crippen LogP contribution in [-0.2, 0) is 23.6 Å². The van der Waals surface area contributed by atoms with Crippen LogP contribution in [0.25, 0.3) is 11.1 Å². The number of rotatable bonds is 9. The number of hydrogen-bond acceptors (Lipinski definition) is 2. The molecule has 1 atom stereocenters. The molecule has 0 amide bonds. The van der Waals surface area contributed by atoms with E-state index in [1.165, 1.54) is 31.2 Å². The first-order chi connectivity index (χ1) is 17.2. The second-order valence-corrected chi connectivity index (χ2v) is 9.66. The molecule has 0 spiro atoms. The van der Waals surface area contributed by atoms with Gasteiger partial charge in [-0.05, 0) is 84.3 Å². The summed E-state index contributed by atoms with van der Waals surface area (Å²) in [6.07, 6.45) is -7.28. The quantitative estimate of drug-likeness (QED) is 0.285. The number of benzene rings is 3. The van der Waals surface area contributed by atoms with E-state index in [1.807, 2.05) is 0 Å². The number of carbonyl (C=O) groups excluding carboxylic acids is 1. The Labute approximate surface area is 212 Å². The Hall–Kier alpha value is -3.29. The smallest absolute Gasteiger partial charge is 0.378 e. The number of nitrogens with one attached hydrogen (secondary N) is 1. The van der Waals surface area contributed by atoms with Crippen LogP contribution in [0.5, 0.6) is 0 Å². The molecule has 1 unspecified atom stereocenters. The zero-order chi connectivity index (χ0) is 27.4. The highest BCUT2D eigenvalue weighted by Crippen LogP contribution is 2.35. The summed E-state index contributed by atoms with van der Waals surface area (Å²) in [4.78, 5) is 11.8. The van der Waals surface area contributed by atoms with Gasteiger partial charge in [-0.2, -0.15) is 26.3 Å². The minimum atomic E-state index is -4.45. The lowest BCUT2D eigenvalue weighted by atomic mass is 9.95. The second-order valence-electron chi connectivity index (χ2n) is 9.66. The molecule has 0 heterocycles. The molecule has 3 aromatic carbocycles. The highest BCUT2D eigenvalue weighted by Gasteiger charge is 2.31. The van der Waals surface area contributed by atoms with Gasteiger partial charge in [0, 0.05) is 12.1 Å². The van der Waals surface area contributed by atoms with E-state index in [4.69, 9.17) is 0 Å². The number of anilines is 1. The van der Waals surface area contributed by atoms with Gasteiger partial charge in [0.25, 0.3) is 0 Å². The SMILES string of the molecule is CC(=O)Cc1cc(NC(CCC(C)C)c2ccc(C(F)(F)F)cc2)cc(-c2ccc(C(F)(F)F)cc2)c1. The van der Waals surface area contributed by atoms with E-state index in [0.29, 0.717) is 40.3 Å². The van der Waals surface area contributed by atoms with E-state index in [-0.39, 0.29) is 18.2 Å². The molecule has 0 radical (unpaired) electrons. The van der Waals surface area contributed by atoms with Crippen molar-refractivity contribution < 1.29 is 31.1 Å². The second kappa shape index (κ2) is 11.4. The van der Waals surface area contributed by atoms with Crippen molar-refractivity contribution in [1.82, 2.24) is 0 Å². The first kappa shape index (κ1) is 28.3. The van der Waals surface area contributed by atoms with Gasteiger partial charge in [-0.3, -0.25) is 4.79 Å². The van der Waals surface area contributed by atoms with Crippen molar-refractivity contribution in [2.24, 2.45) is 5.92 Å². The van der Waals surface area contributed by atoms with Gasteiger partial charge in [0.15, 0.2) is 0 Å². The maximum absolute atomic E-state index is 13.1. The van der Waals surface area contributed by atoms with Gasteiger partial charge >= 0.3 is 12.4 Å². The maximum Gasteiger partial charge on any atom is 0.416 e. The van der Waals surface area contributed by atoms with Gasteiger partial charge in [0.2, 0.25) is 0 Å². The fourth-order valence-electron chi connectivity index (χ4n) is 4.11. The molecule has 0 fully saturated rings. The van der Waals surface area contributed by atoms with E-state index in [1.54, 1.807) is 18.2 Å².